The van der Waals surface area contributed by atoms with E-state index in [0.717, 1.165) is 12.1 Å². The molecule has 5 nitrogen and oxygen atoms in total. The predicted octanol–water partition coefficient (Wildman–Crippen LogP) is 2.36. The minimum atomic E-state index is -1.05. The summed E-state index contributed by atoms with van der Waals surface area (Å²) in [5.41, 5.74) is -0.234. The van der Waals surface area contributed by atoms with Crippen LogP contribution in [-0.4, -0.2) is 49.1 Å². The number of ether oxygens (including phenoxy) is 1. The van der Waals surface area contributed by atoms with Crippen molar-refractivity contribution in [2.45, 2.75) is 32.7 Å². The molecule has 2 aliphatic heterocycles. The molecule has 1 N–H and O–H groups in total. The molecule has 1 aromatic rings. The van der Waals surface area contributed by atoms with Crippen LogP contribution < -0.4 is 5.32 Å². The minimum Gasteiger partial charge on any atom is -0.381 e. The van der Waals surface area contributed by atoms with E-state index in [1.165, 1.54) is 6.07 Å². The Bertz CT molecular complexity index is 702. The van der Waals surface area contributed by atoms with E-state index in [1.54, 1.807) is 4.90 Å². The fourth-order valence-electron chi connectivity index (χ4n) is 3.97. The standard InChI is InChI=1S/C19H24F2N2O3/c1-12(2)22-17(24)14-10-23(11-19(14)5-7-26-8-6-19)18(25)13-3-4-15(20)16(21)9-13/h3-4,9,12,14H,5-8,10-11H2,1-2H3,(H,22,24). The number of carbonyl (C=O) groups excluding carboxylic acids is 2. The maximum absolute atomic E-state index is 13.5. The number of halogens is 2. The number of benzene rings is 1. The summed E-state index contributed by atoms with van der Waals surface area (Å²) in [6.45, 7) is 5.60. The third kappa shape index (κ3) is 3.58. The van der Waals surface area contributed by atoms with Gasteiger partial charge in [-0.2, -0.15) is 0 Å². The van der Waals surface area contributed by atoms with Crippen LogP contribution in [0.5, 0.6) is 0 Å². The van der Waals surface area contributed by atoms with Crippen LogP contribution >= 0.6 is 0 Å². The molecule has 7 heteroatoms. The van der Waals surface area contributed by atoms with Crippen molar-refractivity contribution < 1.29 is 23.1 Å². The molecule has 0 aliphatic carbocycles. The van der Waals surface area contributed by atoms with Gasteiger partial charge in [-0.15, -0.1) is 0 Å². The van der Waals surface area contributed by atoms with Crippen LogP contribution in [0, 0.1) is 23.0 Å². The van der Waals surface area contributed by atoms with Crippen LogP contribution in [0.1, 0.15) is 37.0 Å². The van der Waals surface area contributed by atoms with Crippen molar-refractivity contribution in [1.82, 2.24) is 10.2 Å². The Balaban J connectivity index is 1.84. The van der Waals surface area contributed by atoms with Gasteiger partial charge >= 0.3 is 0 Å². The highest BCUT2D eigenvalue weighted by Gasteiger charge is 2.51. The lowest BCUT2D eigenvalue weighted by Crippen LogP contribution is -2.46. The van der Waals surface area contributed by atoms with Gasteiger partial charge in [-0.25, -0.2) is 8.78 Å². The Morgan fingerprint density at radius 3 is 2.54 bits per heavy atom. The van der Waals surface area contributed by atoms with Crippen molar-refractivity contribution in [1.29, 1.82) is 0 Å². The van der Waals surface area contributed by atoms with E-state index in [9.17, 15) is 18.4 Å². The summed E-state index contributed by atoms with van der Waals surface area (Å²) in [5.74, 6) is -2.82. The van der Waals surface area contributed by atoms with E-state index in [1.807, 2.05) is 13.8 Å². The number of hydrogen-bond acceptors (Lipinski definition) is 3. The van der Waals surface area contributed by atoms with Crippen LogP contribution in [0.15, 0.2) is 18.2 Å². The third-order valence-corrected chi connectivity index (χ3v) is 5.34. The molecule has 0 radical (unpaired) electrons. The van der Waals surface area contributed by atoms with Crippen LogP contribution in [-0.2, 0) is 9.53 Å². The average Bonchev–Trinajstić information content (AvgIpc) is 2.95. The van der Waals surface area contributed by atoms with Gasteiger partial charge in [0.15, 0.2) is 11.6 Å². The van der Waals surface area contributed by atoms with Crippen molar-refractivity contribution in [3.05, 3.63) is 35.4 Å². The summed E-state index contributed by atoms with van der Waals surface area (Å²) in [5, 5.41) is 2.94. The SMILES string of the molecule is CC(C)NC(=O)C1CN(C(=O)c2ccc(F)c(F)c2)CC12CCOCC2. The summed E-state index contributed by atoms with van der Waals surface area (Å²) in [6.07, 6.45) is 1.40. The molecule has 1 aromatic carbocycles. The first kappa shape index (κ1) is 18.8. The lowest BCUT2D eigenvalue weighted by Gasteiger charge is -2.37. The zero-order valence-electron chi connectivity index (χ0n) is 15.1. The normalized spacial score (nSPS) is 22.0. The van der Waals surface area contributed by atoms with Gasteiger partial charge in [0.05, 0.1) is 5.92 Å². The minimum absolute atomic E-state index is 0.00957. The zero-order chi connectivity index (χ0) is 18.9. The first-order valence-electron chi connectivity index (χ1n) is 8.95. The van der Waals surface area contributed by atoms with E-state index in [2.05, 4.69) is 5.32 Å². The predicted molar refractivity (Wildman–Crippen MR) is 91.5 cm³/mol. The molecule has 3 rings (SSSR count). The highest BCUT2D eigenvalue weighted by molar-refractivity contribution is 5.95. The number of amides is 2. The van der Waals surface area contributed by atoms with Gasteiger partial charge in [0.1, 0.15) is 0 Å². The average molecular weight is 366 g/mol. The van der Waals surface area contributed by atoms with Gasteiger partial charge in [-0.05, 0) is 44.9 Å². The van der Waals surface area contributed by atoms with Gasteiger partial charge in [-0.1, -0.05) is 0 Å². The van der Waals surface area contributed by atoms with E-state index in [0.29, 0.717) is 32.6 Å². The molecule has 2 amide bonds. The maximum atomic E-state index is 13.5. The quantitative estimate of drug-likeness (QED) is 0.893. The number of nitrogens with zero attached hydrogens (tertiary/aromatic N) is 1. The molecule has 0 aromatic heterocycles. The smallest absolute Gasteiger partial charge is 0.254 e. The van der Waals surface area contributed by atoms with Gasteiger partial charge in [0.2, 0.25) is 5.91 Å². The molecule has 26 heavy (non-hydrogen) atoms. The van der Waals surface area contributed by atoms with Crippen LogP contribution in [0.3, 0.4) is 0 Å². The van der Waals surface area contributed by atoms with Crippen molar-refractivity contribution in [3.63, 3.8) is 0 Å². The zero-order valence-corrected chi connectivity index (χ0v) is 15.1. The molecule has 0 saturated carbocycles. The summed E-state index contributed by atoms with van der Waals surface area (Å²) in [6, 6.07) is 3.15. The number of hydrogen-bond donors (Lipinski definition) is 1. The summed E-state index contributed by atoms with van der Waals surface area (Å²) in [4.78, 5) is 27.1. The monoisotopic (exact) mass is 366 g/mol. The van der Waals surface area contributed by atoms with E-state index in [4.69, 9.17) is 4.74 Å². The first-order valence-corrected chi connectivity index (χ1v) is 8.95. The molecule has 1 unspecified atom stereocenters. The molecule has 0 bridgehead atoms. The van der Waals surface area contributed by atoms with Crippen LogP contribution in [0.4, 0.5) is 8.78 Å². The van der Waals surface area contributed by atoms with Crippen LogP contribution in [0.2, 0.25) is 0 Å². The van der Waals surface area contributed by atoms with Crippen molar-refractivity contribution in [2.24, 2.45) is 11.3 Å². The number of carbonyl (C=O) groups is 2. The molecular formula is C19H24F2N2O3. The molecule has 1 atom stereocenters. The molecular weight excluding hydrogens is 342 g/mol. The summed E-state index contributed by atoms with van der Waals surface area (Å²) < 4.78 is 32.1. The summed E-state index contributed by atoms with van der Waals surface area (Å²) in [7, 11) is 0. The van der Waals surface area contributed by atoms with Gasteiger partial charge in [-0.3, -0.25) is 9.59 Å². The van der Waals surface area contributed by atoms with E-state index < -0.39 is 11.6 Å². The third-order valence-electron chi connectivity index (χ3n) is 5.34. The Kier molecular flexibility index (Phi) is 5.27. The number of rotatable bonds is 3. The topological polar surface area (TPSA) is 58.6 Å². The molecule has 2 fully saturated rings. The highest BCUT2D eigenvalue weighted by Crippen LogP contribution is 2.44. The molecule has 2 heterocycles. The fraction of sp³-hybridized carbons (Fsp3) is 0.579. The second-order valence-electron chi connectivity index (χ2n) is 7.51. The van der Waals surface area contributed by atoms with E-state index in [-0.39, 0.29) is 41.3 Å². The Hall–Kier alpha value is -2.02. The summed E-state index contributed by atoms with van der Waals surface area (Å²) >= 11 is 0. The molecule has 2 saturated heterocycles. The van der Waals surface area contributed by atoms with Crippen LogP contribution in [0.25, 0.3) is 0 Å². The lowest BCUT2D eigenvalue weighted by molar-refractivity contribution is -0.130. The fourth-order valence-corrected chi connectivity index (χ4v) is 3.97. The maximum Gasteiger partial charge on any atom is 0.254 e. The Morgan fingerprint density at radius 2 is 1.92 bits per heavy atom. The second-order valence-corrected chi connectivity index (χ2v) is 7.51. The van der Waals surface area contributed by atoms with E-state index >= 15 is 0 Å². The van der Waals surface area contributed by atoms with Gasteiger partial charge < -0.3 is 15.0 Å². The van der Waals surface area contributed by atoms with Gasteiger partial charge in [0.25, 0.3) is 5.91 Å². The lowest BCUT2D eigenvalue weighted by atomic mass is 9.71. The Labute approximate surface area is 151 Å². The van der Waals surface area contributed by atoms with Crippen molar-refractivity contribution in [3.8, 4) is 0 Å². The van der Waals surface area contributed by atoms with Crippen molar-refractivity contribution >= 4 is 11.8 Å². The number of nitrogens with one attached hydrogen (secondary N) is 1. The Morgan fingerprint density at radius 1 is 1.23 bits per heavy atom. The molecule has 142 valence electrons. The largest absolute Gasteiger partial charge is 0.381 e. The second kappa shape index (κ2) is 7.31. The molecule has 2 aliphatic rings. The number of likely N-dealkylation sites (tertiary alicyclic amines) is 1. The highest BCUT2D eigenvalue weighted by atomic mass is 19.2. The van der Waals surface area contributed by atoms with Gasteiger partial charge in [0, 0.05) is 43.3 Å². The molecule has 1 spiro atoms. The first-order chi connectivity index (χ1) is 12.3. The van der Waals surface area contributed by atoms with Crippen molar-refractivity contribution in [2.75, 3.05) is 26.3 Å².